The number of hydrogen-bond donors (Lipinski definition) is 0. The van der Waals surface area contributed by atoms with Gasteiger partial charge in [0.15, 0.2) is 5.82 Å². The first-order valence-corrected chi connectivity index (χ1v) is 21.8. The Labute approximate surface area is 363 Å². The van der Waals surface area contributed by atoms with Crippen molar-refractivity contribution in [3.63, 3.8) is 0 Å². The molecule has 0 unspecified atom stereocenters. The zero-order valence-corrected chi connectivity index (χ0v) is 34.4. The van der Waals surface area contributed by atoms with E-state index in [1.807, 2.05) is 0 Å². The number of benzene rings is 9. The third kappa shape index (κ3) is 6.20. The monoisotopic (exact) mass is 807 g/mol. The minimum atomic E-state index is 0.710. The standard InChI is InChI=1S/C58H37N3S/c1-4-16-38(17-5-1)41-22-12-25-45(34-41)55-57-56(49-28-10-11-31-53(49)62-57)60-58(59-55)46-26-13-24-44(35-46)48-29-15-30-52-54(48)50-37-43(40-20-8-3-9-21-40)32-33-51(50)61(52)47-27-14-23-42(36-47)39-18-6-2-7-19-39/h1-37H. The number of aromatic nitrogens is 3. The minimum Gasteiger partial charge on any atom is -0.309 e. The first kappa shape index (κ1) is 36.0. The van der Waals surface area contributed by atoms with E-state index < -0.39 is 0 Å². The predicted octanol–water partition coefficient (Wildman–Crippen LogP) is 15.9. The highest BCUT2D eigenvalue weighted by Gasteiger charge is 2.20. The van der Waals surface area contributed by atoms with Gasteiger partial charge in [0.1, 0.15) is 0 Å². The molecule has 0 aliphatic carbocycles. The van der Waals surface area contributed by atoms with Crippen molar-refractivity contribution in [1.82, 2.24) is 14.5 Å². The Morgan fingerprint density at radius 2 is 0.919 bits per heavy atom. The highest BCUT2D eigenvalue weighted by molar-refractivity contribution is 7.26. The number of fused-ring (bicyclic) bond motifs is 6. The van der Waals surface area contributed by atoms with Gasteiger partial charge in [0.05, 0.1) is 26.9 Å². The second-order valence-electron chi connectivity index (χ2n) is 15.7. The SMILES string of the molecule is c1ccc(-c2cccc(-c3nc(-c4cccc(-c5cccc6c5c5cc(-c7ccccc7)ccc5n6-c5cccc(-c6ccccc6)c5)c4)nc4c3sc3ccccc34)c2)cc1. The largest absolute Gasteiger partial charge is 0.309 e. The summed E-state index contributed by atoms with van der Waals surface area (Å²) in [5, 5.41) is 3.56. The van der Waals surface area contributed by atoms with Gasteiger partial charge < -0.3 is 4.57 Å². The van der Waals surface area contributed by atoms with Gasteiger partial charge in [-0.2, -0.15) is 0 Å². The lowest BCUT2D eigenvalue weighted by Gasteiger charge is -2.12. The lowest BCUT2D eigenvalue weighted by molar-refractivity contribution is 1.18. The Morgan fingerprint density at radius 1 is 0.355 bits per heavy atom. The van der Waals surface area contributed by atoms with Crippen LogP contribution < -0.4 is 0 Å². The molecule has 290 valence electrons. The van der Waals surface area contributed by atoms with Gasteiger partial charge in [-0.15, -0.1) is 11.3 Å². The Hall–Kier alpha value is -7.92. The van der Waals surface area contributed by atoms with E-state index in [0.717, 1.165) is 65.8 Å². The molecule has 0 radical (unpaired) electrons. The van der Waals surface area contributed by atoms with E-state index in [0.29, 0.717) is 5.82 Å². The van der Waals surface area contributed by atoms with E-state index in [-0.39, 0.29) is 0 Å². The maximum Gasteiger partial charge on any atom is 0.160 e. The molecule has 62 heavy (non-hydrogen) atoms. The van der Waals surface area contributed by atoms with Gasteiger partial charge in [0, 0.05) is 37.7 Å². The average molecular weight is 808 g/mol. The fourth-order valence-corrected chi connectivity index (χ4v) is 10.2. The normalized spacial score (nSPS) is 11.5. The van der Waals surface area contributed by atoms with Crippen molar-refractivity contribution >= 4 is 53.4 Å². The summed E-state index contributed by atoms with van der Waals surface area (Å²) in [6, 6.07) is 80.5. The molecule has 12 aromatic rings. The van der Waals surface area contributed by atoms with Crippen LogP contribution in [-0.4, -0.2) is 14.5 Å². The Balaban J connectivity index is 1.06. The highest BCUT2D eigenvalue weighted by Crippen LogP contribution is 2.43. The maximum atomic E-state index is 5.44. The van der Waals surface area contributed by atoms with E-state index in [9.17, 15) is 0 Å². The molecule has 0 aliphatic heterocycles. The molecule has 0 saturated heterocycles. The molecule has 0 atom stereocenters. The summed E-state index contributed by atoms with van der Waals surface area (Å²) >= 11 is 1.76. The van der Waals surface area contributed by atoms with Crippen molar-refractivity contribution in [3.8, 4) is 72.8 Å². The molecule has 4 heteroatoms. The van der Waals surface area contributed by atoms with Crippen LogP contribution in [0.2, 0.25) is 0 Å². The number of hydrogen-bond acceptors (Lipinski definition) is 3. The second kappa shape index (κ2) is 15.0. The molecule has 3 heterocycles. The van der Waals surface area contributed by atoms with Gasteiger partial charge in [-0.1, -0.05) is 176 Å². The van der Waals surface area contributed by atoms with Crippen LogP contribution in [0.1, 0.15) is 0 Å². The topological polar surface area (TPSA) is 30.7 Å². The van der Waals surface area contributed by atoms with E-state index >= 15 is 0 Å². The first-order chi connectivity index (χ1) is 30.7. The number of nitrogens with zero attached hydrogens (tertiary/aromatic N) is 3. The summed E-state index contributed by atoms with van der Waals surface area (Å²) in [4.78, 5) is 10.8. The Kier molecular flexibility index (Phi) is 8.68. The molecule has 0 N–H and O–H groups in total. The summed E-state index contributed by atoms with van der Waals surface area (Å²) in [5.41, 5.74) is 16.8. The fourth-order valence-electron chi connectivity index (χ4n) is 9.07. The molecule has 0 saturated carbocycles. The van der Waals surface area contributed by atoms with Crippen molar-refractivity contribution in [1.29, 1.82) is 0 Å². The Bertz CT molecular complexity index is 3620. The molecule has 12 rings (SSSR count). The van der Waals surface area contributed by atoms with E-state index in [4.69, 9.17) is 9.97 Å². The molecule has 0 fully saturated rings. The number of rotatable bonds is 7. The van der Waals surface area contributed by atoms with Gasteiger partial charge in [-0.05, 0) is 93.0 Å². The predicted molar refractivity (Wildman–Crippen MR) is 262 cm³/mol. The zero-order chi connectivity index (χ0) is 41.0. The lowest BCUT2D eigenvalue weighted by atomic mass is 9.96. The van der Waals surface area contributed by atoms with Gasteiger partial charge in [0.2, 0.25) is 0 Å². The van der Waals surface area contributed by atoms with Gasteiger partial charge in [0.25, 0.3) is 0 Å². The van der Waals surface area contributed by atoms with Crippen LogP contribution in [0.5, 0.6) is 0 Å². The zero-order valence-electron chi connectivity index (χ0n) is 33.6. The van der Waals surface area contributed by atoms with Crippen LogP contribution in [0, 0.1) is 0 Å². The quantitative estimate of drug-likeness (QED) is 0.161. The van der Waals surface area contributed by atoms with Crippen molar-refractivity contribution in [2.75, 3.05) is 0 Å². The van der Waals surface area contributed by atoms with Crippen molar-refractivity contribution in [2.24, 2.45) is 0 Å². The van der Waals surface area contributed by atoms with Gasteiger partial charge in [-0.3, -0.25) is 0 Å². The summed E-state index contributed by atoms with van der Waals surface area (Å²) in [6.45, 7) is 0. The molecule has 3 aromatic heterocycles. The van der Waals surface area contributed by atoms with Crippen LogP contribution in [0.3, 0.4) is 0 Å². The third-order valence-corrected chi connectivity index (χ3v) is 13.2. The summed E-state index contributed by atoms with van der Waals surface area (Å²) in [5.74, 6) is 0.710. The number of thiophene rings is 1. The Morgan fingerprint density at radius 3 is 1.66 bits per heavy atom. The molecular formula is C58H37N3S. The molecule has 0 aliphatic rings. The fraction of sp³-hybridized carbons (Fsp3) is 0. The minimum absolute atomic E-state index is 0.710. The maximum absolute atomic E-state index is 5.44. The van der Waals surface area contributed by atoms with Gasteiger partial charge in [-0.25, -0.2) is 9.97 Å². The van der Waals surface area contributed by atoms with Gasteiger partial charge >= 0.3 is 0 Å². The molecule has 0 bridgehead atoms. The average Bonchev–Trinajstić information content (AvgIpc) is 3.90. The van der Waals surface area contributed by atoms with Crippen LogP contribution >= 0.6 is 11.3 Å². The van der Waals surface area contributed by atoms with E-state index in [1.165, 1.54) is 43.3 Å². The third-order valence-electron chi connectivity index (χ3n) is 12.0. The van der Waals surface area contributed by atoms with Crippen LogP contribution in [-0.2, 0) is 0 Å². The molecule has 3 nitrogen and oxygen atoms in total. The van der Waals surface area contributed by atoms with Crippen molar-refractivity contribution in [3.05, 3.63) is 224 Å². The summed E-state index contributed by atoms with van der Waals surface area (Å²) in [7, 11) is 0. The molecular weight excluding hydrogens is 771 g/mol. The first-order valence-electron chi connectivity index (χ1n) is 21.0. The van der Waals surface area contributed by atoms with Crippen molar-refractivity contribution < 1.29 is 0 Å². The van der Waals surface area contributed by atoms with Crippen LogP contribution in [0.25, 0.3) is 115 Å². The highest BCUT2D eigenvalue weighted by atomic mass is 32.1. The summed E-state index contributed by atoms with van der Waals surface area (Å²) in [6.07, 6.45) is 0. The molecule has 0 amide bonds. The van der Waals surface area contributed by atoms with Crippen LogP contribution in [0.4, 0.5) is 0 Å². The molecule has 0 spiro atoms. The lowest BCUT2D eigenvalue weighted by Crippen LogP contribution is -1.95. The van der Waals surface area contributed by atoms with Crippen LogP contribution in [0.15, 0.2) is 224 Å². The smallest absolute Gasteiger partial charge is 0.160 e. The van der Waals surface area contributed by atoms with E-state index in [2.05, 4.69) is 229 Å². The summed E-state index contributed by atoms with van der Waals surface area (Å²) < 4.78 is 4.73. The second-order valence-corrected chi connectivity index (χ2v) is 16.8. The van der Waals surface area contributed by atoms with Crippen molar-refractivity contribution in [2.45, 2.75) is 0 Å². The van der Waals surface area contributed by atoms with E-state index in [1.54, 1.807) is 11.3 Å². The molecule has 9 aromatic carbocycles.